The summed E-state index contributed by atoms with van der Waals surface area (Å²) in [6, 6.07) is 12.4. The fraction of sp³-hybridized carbons (Fsp3) is 0.227. The first-order valence-corrected chi connectivity index (χ1v) is 12.0. The Morgan fingerprint density at radius 1 is 1.06 bits per heavy atom. The van der Waals surface area contributed by atoms with E-state index in [1.54, 1.807) is 42.6 Å². The summed E-state index contributed by atoms with van der Waals surface area (Å²) < 4.78 is 28.9. The van der Waals surface area contributed by atoms with Crippen molar-refractivity contribution in [1.82, 2.24) is 29.9 Å². The van der Waals surface area contributed by atoms with E-state index in [9.17, 15) is 22.8 Å². The van der Waals surface area contributed by atoms with Crippen molar-refractivity contribution in [3.05, 3.63) is 71.5 Å². The number of nitrogens with one attached hydrogen (secondary N) is 2. The van der Waals surface area contributed by atoms with E-state index in [2.05, 4.69) is 20.4 Å². The fourth-order valence-electron chi connectivity index (χ4n) is 4.13. The Morgan fingerprint density at radius 3 is 2.62 bits per heavy atom. The minimum absolute atomic E-state index is 0.0619. The summed E-state index contributed by atoms with van der Waals surface area (Å²) in [7, 11) is -3.70. The Hall–Kier alpha value is -3.90. The van der Waals surface area contributed by atoms with Crippen LogP contribution in [0.5, 0.6) is 0 Å². The van der Waals surface area contributed by atoms with Crippen LogP contribution < -0.4 is 10.0 Å². The first-order valence-electron chi connectivity index (χ1n) is 10.6. The number of carbonyl (C=O) groups excluding carboxylic acids is 3. The van der Waals surface area contributed by atoms with Gasteiger partial charge in [-0.25, -0.2) is 17.8 Å². The number of aromatic nitrogens is 3. The second-order valence-electron chi connectivity index (χ2n) is 8.00. The molecule has 2 aromatic carbocycles. The van der Waals surface area contributed by atoms with Gasteiger partial charge in [-0.2, -0.15) is 0 Å². The molecule has 1 aromatic heterocycles. The number of imide groups is 1. The molecule has 2 N–H and O–H groups in total. The summed E-state index contributed by atoms with van der Waals surface area (Å²) in [6.07, 6.45) is 2.03. The number of benzene rings is 2. The molecule has 1 unspecified atom stereocenters. The Balaban J connectivity index is 1.35. The molecule has 1 fully saturated rings. The summed E-state index contributed by atoms with van der Waals surface area (Å²) in [6.45, 7) is 0.125. The molecule has 2 aliphatic rings. The van der Waals surface area contributed by atoms with Crippen LogP contribution in [0.1, 0.15) is 34.5 Å². The van der Waals surface area contributed by atoms with Crippen LogP contribution in [0.15, 0.2) is 59.6 Å². The van der Waals surface area contributed by atoms with Crippen LogP contribution >= 0.6 is 0 Å². The Labute approximate surface area is 194 Å². The van der Waals surface area contributed by atoms with E-state index in [4.69, 9.17) is 0 Å². The van der Waals surface area contributed by atoms with Crippen molar-refractivity contribution < 1.29 is 22.8 Å². The van der Waals surface area contributed by atoms with Crippen LogP contribution in [0.4, 0.5) is 0 Å². The summed E-state index contributed by atoms with van der Waals surface area (Å²) in [4.78, 5) is 38.4. The van der Waals surface area contributed by atoms with Crippen LogP contribution in [0.25, 0.3) is 5.69 Å². The van der Waals surface area contributed by atoms with Gasteiger partial charge in [0.15, 0.2) is 0 Å². The molecule has 11 nitrogen and oxygen atoms in total. The van der Waals surface area contributed by atoms with Crippen molar-refractivity contribution in [2.24, 2.45) is 0 Å². The van der Waals surface area contributed by atoms with Crippen LogP contribution in [-0.4, -0.2) is 52.1 Å². The van der Waals surface area contributed by atoms with Crippen molar-refractivity contribution in [3.8, 4) is 5.69 Å². The summed E-state index contributed by atoms with van der Waals surface area (Å²) >= 11 is 0. The maximum absolute atomic E-state index is 13.0. The van der Waals surface area contributed by atoms with E-state index in [1.807, 2.05) is 0 Å². The van der Waals surface area contributed by atoms with Crippen molar-refractivity contribution in [2.45, 2.75) is 36.9 Å². The lowest BCUT2D eigenvalue weighted by Gasteiger charge is -2.29. The zero-order valence-electron chi connectivity index (χ0n) is 17.8. The molecule has 1 atom stereocenters. The van der Waals surface area contributed by atoms with Crippen LogP contribution in [0.2, 0.25) is 0 Å². The molecule has 0 bridgehead atoms. The minimum atomic E-state index is -3.70. The minimum Gasteiger partial charge on any atom is -0.322 e. The number of hydrogen-bond donors (Lipinski definition) is 2. The van der Waals surface area contributed by atoms with Crippen LogP contribution in [0.3, 0.4) is 0 Å². The molecule has 3 amide bonds. The highest BCUT2D eigenvalue weighted by Crippen LogP contribution is 2.31. The van der Waals surface area contributed by atoms with Gasteiger partial charge < -0.3 is 4.90 Å². The third-order valence-electron chi connectivity index (χ3n) is 5.84. The third-order valence-corrected chi connectivity index (χ3v) is 7.26. The molecular weight excluding hydrogens is 460 g/mol. The van der Waals surface area contributed by atoms with E-state index >= 15 is 0 Å². The van der Waals surface area contributed by atoms with Gasteiger partial charge in [0.2, 0.25) is 21.8 Å². The van der Waals surface area contributed by atoms with Gasteiger partial charge in [0.05, 0.1) is 29.0 Å². The van der Waals surface area contributed by atoms with Crippen LogP contribution in [0, 0.1) is 0 Å². The lowest BCUT2D eigenvalue weighted by Crippen LogP contribution is -2.52. The maximum atomic E-state index is 13.0. The molecule has 2 aliphatic heterocycles. The molecule has 1 saturated heterocycles. The normalized spacial score (nSPS) is 18.2. The molecule has 0 radical (unpaired) electrons. The van der Waals surface area contributed by atoms with Gasteiger partial charge in [-0.15, -0.1) is 5.10 Å². The molecule has 5 rings (SSSR count). The first kappa shape index (κ1) is 21.9. The van der Waals surface area contributed by atoms with Gasteiger partial charge in [0, 0.05) is 24.1 Å². The average molecular weight is 481 g/mol. The molecule has 34 heavy (non-hydrogen) atoms. The monoisotopic (exact) mass is 480 g/mol. The topological polar surface area (TPSA) is 143 Å². The van der Waals surface area contributed by atoms with Gasteiger partial charge in [0.25, 0.3) is 5.91 Å². The molecule has 12 heteroatoms. The van der Waals surface area contributed by atoms with Gasteiger partial charge in [-0.1, -0.05) is 29.5 Å². The van der Waals surface area contributed by atoms with Gasteiger partial charge in [-0.05, 0) is 30.7 Å². The van der Waals surface area contributed by atoms with Gasteiger partial charge in [-0.3, -0.25) is 19.7 Å². The molecule has 0 spiro atoms. The fourth-order valence-corrected chi connectivity index (χ4v) is 5.15. The van der Waals surface area contributed by atoms with Crippen LogP contribution in [-0.2, 0) is 32.7 Å². The lowest BCUT2D eigenvalue weighted by molar-refractivity contribution is -0.136. The Morgan fingerprint density at radius 2 is 1.85 bits per heavy atom. The standard InChI is InChI=1S/C22H20N6O5S/c29-20-10-9-19(21(30)24-20)27-13-17-16(22(27)31)7-4-8-18(17)28-12-14(25-26-28)11-23-34(32,33)15-5-2-1-3-6-15/h1-8,12,19,23H,9-11,13H2,(H,24,29,30). The zero-order valence-corrected chi connectivity index (χ0v) is 18.7. The van der Waals surface area contributed by atoms with Gasteiger partial charge in [0.1, 0.15) is 6.04 Å². The van der Waals surface area contributed by atoms with E-state index in [0.717, 1.165) is 0 Å². The summed E-state index contributed by atoms with van der Waals surface area (Å²) in [5, 5.41) is 10.4. The quantitative estimate of drug-likeness (QED) is 0.489. The predicted molar refractivity (Wildman–Crippen MR) is 118 cm³/mol. The van der Waals surface area contributed by atoms with Crippen molar-refractivity contribution in [3.63, 3.8) is 0 Å². The number of carbonyl (C=O) groups is 3. The first-order chi connectivity index (χ1) is 16.3. The highest BCUT2D eigenvalue weighted by molar-refractivity contribution is 7.89. The van der Waals surface area contributed by atoms with E-state index in [-0.39, 0.29) is 42.6 Å². The average Bonchev–Trinajstić information content (AvgIpc) is 3.43. The number of amides is 3. The zero-order chi connectivity index (χ0) is 23.9. The predicted octanol–water partition coefficient (Wildman–Crippen LogP) is 0.507. The summed E-state index contributed by atoms with van der Waals surface area (Å²) in [5.74, 6) is -1.11. The highest BCUT2D eigenvalue weighted by atomic mass is 32.2. The molecule has 3 heterocycles. The van der Waals surface area contributed by atoms with Crippen molar-refractivity contribution >= 4 is 27.7 Å². The third kappa shape index (κ3) is 3.97. The number of sulfonamides is 1. The number of fused-ring (bicyclic) bond motifs is 1. The number of piperidine rings is 1. The molecule has 0 aliphatic carbocycles. The number of rotatable bonds is 6. The molecule has 3 aromatic rings. The molecule has 0 saturated carbocycles. The van der Waals surface area contributed by atoms with E-state index < -0.39 is 22.0 Å². The Bertz CT molecular complexity index is 1400. The maximum Gasteiger partial charge on any atom is 0.255 e. The largest absolute Gasteiger partial charge is 0.322 e. The van der Waals surface area contributed by atoms with E-state index in [1.165, 1.54) is 21.7 Å². The van der Waals surface area contributed by atoms with Crippen molar-refractivity contribution in [2.75, 3.05) is 0 Å². The Kier molecular flexibility index (Phi) is 5.46. The van der Waals surface area contributed by atoms with Crippen molar-refractivity contribution in [1.29, 1.82) is 0 Å². The number of nitrogens with zero attached hydrogens (tertiary/aromatic N) is 4. The second-order valence-corrected chi connectivity index (χ2v) is 9.76. The summed E-state index contributed by atoms with van der Waals surface area (Å²) in [5.41, 5.74) is 2.12. The van der Waals surface area contributed by atoms with E-state index in [0.29, 0.717) is 22.5 Å². The molecular formula is C22H20N6O5S. The number of hydrogen-bond acceptors (Lipinski definition) is 7. The van der Waals surface area contributed by atoms with Gasteiger partial charge >= 0.3 is 0 Å². The SMILES string of the molecule is O=C1CCC(N2Cc3c(cccc3-n3cc(CNS(=O)(=O)c4ccccc4)nn3)C2=O)C(=O)N1. The smallest absolute Gasteiger partial charge is 0.255 e. The highest BCUT2D eigenvalue weighted by Gasteiger charge is 2.40. The molecule has 174 valence electrons. The lowest BCUT2D eigenvalue weighted by atomic mass is 10.0. The second kappa shape index (κ2) is 8.47.